The van der Waals surface area contributed by atoms with Gasteiger partial charge in [0.15, 0.2) is 6.61 Å². The normalized spacial score (nSPS) is 14.9. The summed E-state index contributed by atoms with van der Waals surface area (Å²) in [5, 5.41) is 14.9. The number of aryl methyl sites for hydroxylation is 1. The maximum Gasteiger partial charge on any atom is 0.338 e. The number of ether oxygens (including phenoxy) is 1. The zero-order valence-corrected chi connectivity index (χ0v) is 20.8. The molecule has 0 unspecified atom stereocenters. The van der Waals surface area contributed by atoms with Crippen LogP contribution in [0.15, 0.2) is 34.0 Å². The maximum absolute atomic E-state index is 12.7. The SMILES string of the molecule is Cc1csc(SCc2ccccc2C(=O)OCC(=O)Nc2sc3c(c2C#N)CC[C@@H](C)C3)n1. The van der Waals surface area contributed by atoms with Gasteiger partial charge in [0.05, 0.1) is 11.1 Å². The Bertz CT molecular complexity index is 1230. The second-order valence-corrected chi connectivity index (χ2v) is 11.2. The highest BCUT2D eigenvalue weighted by Gasteiger charge is 2.25. The average Bonchev–Trinajstić information content (AvgIpc) is 3.37. The number of rotatable bonds is 7. The highest BCUT2D eigenvalue weighted by Crippen LogP contribution is 2.39. The minimum Gasteiger partial charge on any atom is -0.452 e. The molecule has 0 fully saturated rings. The third kappa shape index (κ3) is 5.64. The van der Waals surface area contributed by atoms with Crippen LogP contribution < -0.4 is 5.32 Å². The summed E-state index contributed by atoms with van der Waals surface area (Å²) >= 11 is 4.59. The lowest BCUT2D eigenvalue weighted by molar-refractivity contribution is -0.119. The fraction of sp³-hybridized carbons (Fsp3) is 0.333. The molecule has 33 heavy (non-hydrogen) atoms. The Morgan fingerprint density at radius 1 is 1.36 bits per heavy atom. The van der Waals surface area contributed by atoms with Crippen molar-refractivity contribution in [1.29, 1.82) is 5.26 Å². The van der Waals surface area contributed by atoms with E-state index in [-0.39, 0.29) is 0 Å². The first-order chi connectivity index (χ1) is 15.9. The van der Waals surface area contributed by atoms with Crippen molar-refractivity contribution in [3.05, 3.63) is 62.5 Å². The Balaban J connectivity index is 1.37. The first kappa shape index (κ1) is 23.5. The molecule has 1 aromatic carbocycles. The van der Waals surface area contributed by atoms with Crippen LogP contribution in [0.1, 0.15) is 51.0 Å². The fourth-order valence-electron chi connectivity index (χ4n) is 3.71. The number of anilines is 1. The van der Waals surface area contributed by atoms with E-state index in [1.807, 2.05) is 24.4 Å². The van der Waals surface area contributed by atoms with Crippen molar-refractivity contribution in [2.24, 2.45) is 5.92 Å². The number of nitriles is 1. The highest BCUT2D eigenvalue weighted by molar-refractivity contribution is 8.00. The van der Waals surface area contributed by atoms with Gasteiger partial charge in [-0.05, 0) is 49.3 Å². The minimum absolute atomic E-state index is 0.407. The molecule has 1 amide bonds. The zero-order valence-electron chi connectivity index (χ0n) is 18.3. The minimum atomic E-state index is -0.545. The number of fused-ring (bicyclic) bond motifs is 1. The fourth-order valence-corrected chi connectivity index (χ4v) is 6.94. The number of carbonyl (C=O) groups is 2. The van der Waals surface area contributed by atoms with Crippen LogP contribution in [0.2, 0.25) is 0 Å². The van der Waals surface area contributed by atoms with Crippen molar-refractivity contribution in [3.8, 4) is 6.07 Å². The molecular formula is C24H23N3O3S3. The zero-order chi connectivity index (χ0) is 23.4. The molecule has 0 bridgehead atoms. The third-order valence-electron chi connectivity index (χ3n) is 5.40. The third-order valence-corrected chi connectivity index (χ3v) is 8.75. The predicted octanol–water partition coefficient (Wildman–Crippen LogP) is 5.60. The number of hydrogen-bond donors (Lipinski definition) is 1. The molecule has 6 nitrogen and oxygen atoms in total. The molecule has 1 N–H and O–H groups in total. The molecule has 0 saturated heterocycles. The van der Waals surface area contributed by atoms with Crippen molar-refractivity contribution in [2.45, 2.75) is 43.2 Å². The molecule has 170 valence electrons. The maximum atomic E-state index is 12.7. The summed E-state index contributed by atoms with van der Waals surface area (Å²) in [6.45, 7) is 3.74. The summed E-state index contributed by atoms with van der Waals surface area (Å²) < 4.78 is 6.24. The molecule has 2 heterocycles. The van der Waals surface area contributed by atoms with E-state index >= 15 is 0 Å². The number of amides is 1. The van der Waals surface area contributed by atoms with E-state index in [1.165, 1.54) is 16.2 Å². The van der Waals surface area contributed by atoms with Gasteiger partial charge in [-0.15, -0.1) is 22.7 Å². The van der Waals surface area contributed by atoms with Crippen molar-refractivity contribution >= 4 is 51.3 Å². The summed E-state index contributed by atoms with van der Waals surface area (Å²) in [5.41, 5.74) is 3.83. The molecule has 3 aromatic rings. The summed E-state index contributed by atoms with van der Waals surface area (Å²) in [6, 6.07) is 9.45. The molecule has 0 spiro atoms. The monoisotopic (exact) mass is 497 g/mol. The van der Waals surface area contributed by atoms with Crippen LogP contribution in [-0.4, -0.2) is 23.5 Å². The second kappa shape index (κ2) is 10.5. The van der Waals surface area contributed by atoms with E-state index in [9.17, 15) is 14.9 Å². The number of aromatic nitrogens is 1. The Kier molecular flexibility index (Phi) is 7.48. The number of thiazole rings is 1. The van der Waals surface area contributed by atoms with Gasteiger partial charge in [0.1, 0.15) is 15.4 Å². The number of thiophene rings is 1. The molecular weight excluding hydrogens is 474 g/mol. The summed E-state index contributed by atoms with van der Waals surface area (Å²) in [7, 11) is 0. The molecule has 1 aliphatic rings. The van der Waals surface area contributed by atoms with Crippen molar-refractivity contribution < 1.29 is 14.3 Å². The molecule has 0 radical (unpaired) electrons. The summed E-state index contributed by atoms with van der Waals surface area (Å²) in [4.78, 5) is 30.8. The highest BCUT2D eigenvalue weighted by atomic mass is 32.2. The van der Waals surface area contributed by atoms with E-state index in [4.69, 9.17) is 4.74 Å². The van der Waals surface area contributed by atoms with Gasteiger partial charge in [-0.25, -0.2) is 9.78 Å². The van der Waals surface area contributed by atoms with Crippen LogP contribution >= 0.6 is 34.4 Å². The van der Waals surface area contributed by atoms with Gasteiger partial charge >= 0.3 is 5.97 Å². The Morgan fingerprint density at radius 2 is 2.18 bits per heavy atom. The van der Waals surface area contributed by atoms with E-state index < -0.39 is 18.5 Å². The predicted molar refractivity (Wildman–Crippen MR) is 132 cm³/mol. The van der Waals surface area contributed by atoms with Gasteiger partial charge < -0.3 is 10.1 Å². The Labute approximate surface area is 205 Å². The molecule has 2 aromatic heterocycles. The van der Waals surface area contributed by atoms with Crippen LogP contribution in [-0.2, 0) is 28.1 Å². The van der Waals surface area contributed by atoms with Crippen molar-refractivity contribution in [2.75, 3.05) is 11.9 Å². The lowest BCUT2D eigenvalue weighted by Crippen LogP contribution is -2.21. The number of thioether (sulfide) groups is 1. The van der Waals surface area contributed by atoms with Gasteiger partial charge in [-0.3, -0.25) is 4.79 Å². The number of benzene rings is 1. The van der Waals surface area contributed by atoms with E-state index in [1.54, 1.807) is 35.2 Å². The summed E-state index contributed by atoms with van der Waals surface area (Å²) in [5.74, 6) is 0.160. The van der Waals surface area contributed by atoms with Gasteiger partial charge in [0.2, 0.25) is 0 Å². The lowest BCUT2D eigenvalue weighted by Gasteiger charge is -2.17. The van der Waals surface area contributed by atoms with Crippen molar-refractivity contribution in [1.82, 2.24) is 4.98 Å². The number of nitrogens with zero attached hydrogens (tertiary/aromatic N) is 2. The number of nitrogens with one attached hydrogen (secondary N) is 1. The smallest absolute Gasteiger partial charge is 0.338 e. The van der Waals surface area contributed by atoms with Crippen LogP contribution in [0.5, 0.6) is 0 Å². The average molecular weight is 498 g/mol. The van der Waals surface area contributed by atoms with Gasteiger partial charge in [-0.2, -0.15) is 5.26 Å². The number of esters is 1. The van der Waals surface area contributed by atoms with E-state index in [0.717, 1.165) is 40.4 Å². The molecule has 1 aliphatic carbocycles. The first-order valence-corrected chi connectivity index (χ1v) is 13.3. The summed E-state index contributed by atoms with van der Waals surface area (Å²) in [6.07, 6.45) is 2.83. The van der Waals surface area contributed by atoms with Crippen LogP contribution in [0.3, 0.4) is 0 Å². The standard InChI is InChI=1S/C24H23N3O3S3/c1-14-7-8-18-19(10-25)22(33-20(18)9-14)27-21(28)11-30-23(29)17-6-4-3-5-16(17)13-32-24-26-15(2)12-31-24/h3-6,12,14H,7-9,11,13H2,1-2H3,(H,27,28)/t14-/m1/s1. The van der Waals surface area contributed by atoms with Crippen LogP contribution in [0.25, 0.3) is 0 Å². The first-order valence-electron chi connectivity index (χ1n) is 10.6. The topological polar surface area (TPSA) is 92.1 Å². The van der Waals surface area contributed by atoms with E-state index in [0.29, 0.717) is 27.8 Å². The van der Waals surface area contributed by atoms with Gasteiger partial charge in [0.25, 0.3) is 5.91 Å². The quantitative estimate of drug-likeness (QED) is 0.338. The Morgan fingerprint density at radius 3 is 2.94 bits per heavy atom. The number of carbonyl (C=O) groups excluding carboxylic acids is 2. The van der Waals surface area contributed by atoms with Crippen LogP contribution in [0, 0.1) is 24.2 Å². The van der Waals surface area contributed by atoms with E-state index in [2.05, 4.69) is 23.3 Å². The molecule has 0 saturated carbocycles. The molecule has 1 atom stereocenters. The molecule has 9 heteroatoms. The molecule has 4 rings (SSSR count). The van der Waals surface area contributed by atoms with Gasteiger partial charge in [-0.1, -0.05) is 36.9 Å². The number of hydrogen-bond acceptors (Lipinski definition) is 8. The van der Waals surface area contributed by atoms with Gasteiger partial charge in [0, 0.05) is 21.7 Å². The van der Waals surface area contributed by atoms with Crippen LogP contribution in [0.4, 0.5) is 5.00 Å². The lowest BCUT2D eigenvalue weighted by atomic mass is 9.89. The van der Waals surface area contributed by atoms with Crippen molar-refractivity contribution in [3.63, 3.8) is 0 Å². The Hall–Kier alpha value is -2.67. The largest absolute Gasteiger partial charge is 0.452 e. The molecule has 0 aliphatic heterocycles. The second-order valence-electron chi connectivity index (χ2n) is 7.99.